The summed E-state index contributed by atoms with van der Waals surface area (Å²) in [5.74, 6) is 0.284. The molecule has 0 unspecified atom stereocenters. The van der Waals surface area contributed by atoms with Gasteiger partial charge in [-0.15, -0.1) is 0 Å². The van der Waals surface area contributed by atoms with E-state index in [2.05, 4.69) is 24.3 Å². The van der Waals surface area contributed by atoms with Gasteiger partial charge in [-0.3, -0.25) is 10.1 Å². The molecule has 0 radical (unpaired) electrons. The third-order valence-electron chi connectivity index (χ3n) is 3.97. The molecule has 0 spiro atoms. The van der Waals surface area contributed by atoms with Gasteiger partial charge in [-0.25, -0.2) is 0 Å². The molecule has 3 aromatic rings. The van der Waals surface area contributed by atoms with Gasteiger partial charge in [0, 0.05) is 6.07 Å². The number of nitro benzene ring substituents is 1. The number of rotatable bonds is 8. The molecule has 0 bridgehead atoms. The van der Waals surface area contributed by atoms with E-state index in [0.29, 0.717) is 6.61 Å². The van der Waals surface area contributed by atoms with Gasteiger partial charge in [0.25, 0.3) is 5.69 Å². The van der Waals surface area contributed by atoms with Crippen LogP contribution in [0.3, 0.4) is 0 Å². The predicted molar refractivity (Wildman–Crippen MR) is 109 cm³/mol. The number of halogens is 1. The molecule has 0 N–H and O–H groups in total. The number of nitro groups is 1. The molecule has 0 heterocycles. The Hall–Kier alpha value is -2.67. The fourth-order valence-corrected chi connectivity index (χ4v) is 5.20. The minimum atomic E-state index is -1.84. The lowest BCUT2D eigenvalue weighted by Gasteiger charge is -2.17. The molecule has 7 heteroatoms. The summed E-state index contributed by atoms with van der Waals surface area (Å²) < 4.78 is 11.8. The van der Waals surface area contributed by atoms with Gasteiger partial charge in [-0.05, 0) is 16.4 Å². The van der Waals surface area contributed by atoms with Gasteiger partial charge in [0.05, 0.1) is 11.5 Å². The van der Waals surface area contributed by atoms with Crippen LogP contribution in [0.2, 0.25) is 5.02 Å². The van der Waals surface area contributed by atoms with E-state index in [4.69, 9.17) is 20.8 Å². The Morgan fingerprint density at radius 3 is 2.00 bits per heavy atom. The molecular formula is C20H18ClNO4Si. The number of hydrogen-bond donors (Lipinski definition) is 0. The molecule has 3 rings (SSSR count). The van der Waals surface area contributed by atoms with Crippen molar-refractivity contribution in [3.05, 3.63) is 94.0 Å². The Kier molecular flexibility index (Phi) is 6.59. The van der Waals surface area contributed by atoms with Gasteiger partial charge in [0.2, 0.25) is 9.04 Å². The fraction of sp³-hybridized carbons (Fsp3) is 0.100. The van der Waals surface area contributed by atoms with Crippen molar-refractivity contribution in [2.45, 2.75) is 0 Å². The van der Waals surface area contributed by atoms with Crippen molar-refractivity contribution in [2.24, 2.45) is 0 Å². The average Bonchev–Trinajstić information content (AvgIpc) is 2.70. The Balaban J connectivity index is 1.65. The van der Waals surface area contributed by atoms with E-state index in [1.165, 1.54) is 16.4 Å². The van der Waals surface area contributed by atoms with Crippen molar-refractivity contribution in [1.82, 2.24) is 0 Å². The van der Waals surface area contributed by atoms with Crippen molar-refractivity contribution in [3.8, 4) is 5.75 Å². The Morgan fingerprint density at radius 2 is 1.44 bits per heavy atom. The number of benzene rings is 3. The second-order valence-electron chi connectivity index (χ2n) is 5.77. The normalized spacial score (nSPS) is 10.7. The monoisotopic (exact) mass is 399 g/mol. The first-order chi connectivity index (χ1) is 13.2. The minimum Gasteiger partial charge on any atom is -0.489 e. The molecule has 0 aromatic heterocycles. The third-order valence-corrected chi connectivity index (χ3v) is 6.90. The van der Waals surface area contributed by atoms with Crippen LogP contribution in [0.25, 0.3) is 0 Å². The summed E-state index contributed by atoms with van der Waals surface area (Å²) >= 11 is 6.04. The van der Waals surface area contributed by atoms with Gasteiger partial charge in [0.15, 0.2) is 5.02 Å². The minimum absolute atomic E-state index is 0.00223. The van der Waals surface area contributed by atoms with Crippen LogP contribution >= 0.6 is 11.6 Å². The van der Waals surface area contributed by atoms with E-state index in [1.807, 2.05) is 36.4 Å². The van der Waals surface area contributed by atoms with Crippen LogP contribution < -0.4 is 15.1 Å². The second kappa shape index (κ2) is 9.32. The van der Waals surface area contributed by atoms with Crippen molar-refractivity contribution in [1.29, 1.82) is 0 Å². The molecule has 3 aromatic carbocycles. The van der Waals surface area contributed by atoms with Gasteiger partial charge >= 0.3 is 0 Å². The summed E-state index contributed by atoms with van der Waals surface area (Å²) in [5.41, 5.74) is -0.170. The third kappa shape index (κ3) is 4.94. The van der Waals surface area contributed by atoms with Crippen molar-refractivity contribution >= 4 is 36.7 Å². The summed E-state index contributed by atoms with van der Waals surface area (Å²) in [6, 6.07) is 24.8. The number of hydrogen-bond acceptors (Lipinski definition) is 4. The molecule has 27 heavy (non-hydrogen) atoms. The highest BCUT2D eigenvalue weighted by Crippen LogP contribution is 2.33. The largest absolute Gasteiger partial charge is 0.489 e. The molecule has 0 amide bonds. The summed E-state index contributed by atoms with van der Waals surface area (Å²) in [6.45, 7) is 0.615. The Bertz CT molecular complexity index is 853. The molecule has 0 atom stereocenters. The predicted octanol–water partition coefficient (Wildman–Crippen LogP) is 3.18. The topological polar surface area (TPSA) is 61.6 Å². The highest BCUT2D eigenvalue weighted by atomic mass is 35.5. The maximum absolute atomic E-state index is 11.0. The first-order valence-electron chi connectivity index (χ1n) is 8.44. The maximum Gasteiger partial charge on any atom is 0.291 e. The molecule has 0 aliphatic carbocycles. The van der Waals surface area contributed by atoms with E-state index < -0.39 is 14.0 Å². The first-order valence-corrected chi connectivity index (χ1v) is 10.4. The van der Waals surface area contributed by atoms with Gasteiger partial charge in [0.1, 0.15) is 12.4 Å². The van der Waals surface area contributed by atoms with Gasteiger partial charge < -0.3 is 9.16 Å². The molecule has 5 nitrogen and oxygen atoms in total. The lowest BCUT2D eigenvalue weighted by atomic mass is 10.3. The smallest absolute Gasteiger partial charge is 0.291 e. The molecule has 138 valence electrons. The average molecular weight is 400 g/mol. The van der Waals surface area contributed by atoms with Crippen LogP contribution in [0.5, 0.6) is 5.75 Å². The van der Waals surface area contributed by atoms with Crippen molar-refractivity contribution < 1.29 is 14.1 Å². The second-order valence-corrected chi connectivity index (χ2v) is 8.57. The number of nitrogens with zero attached hydrogens (tertiary/aromatic N) is 1. The summed E-state index contributed by atoms with van der Waals surface area (Å²) in [7, 11) is -1.84. The first kappa shape index (κ1) is 19.1. The van der Waals surface area contributed by atoms with Crippen molar-refractivity contribution in [2.75, 3.05) is 13.2 Å². The zero-order chi connectivity index (χ0) is 19.1. The molecule has 0 aliphatic rings. The zero-order valence-electron chi connectivity index (χ0n) is 14.5. The van der Waals surface area contributed by atoms with Crippen LogP contribution in [0.15, 0.2) is 78.9 Å². The van der Waals surface area contributed by atoms with Crippen LogP contribution in [-0.2, 0) is 4.43 Å². The highest BCUT2D eigenvalue weighted by molar-refractivity contribution is 6.80. The van der Waals surface area contributed by atoms with Crippen LogP contribution in [0.4, 0.5) is 5.69 Å². The SMILES string of the molecule is O=[N+]([O-])c1cccc(OCCO[SiH](c2ccccc2)c2ccccc2)c1Cl. The van der Waals surface area contributed by atoms with Crippen molar-refractivity contribution in [3.63, 3.8) is 0 Å². The summed E-state index contributed by atoms with van der Waals surface area (Å²) in [6.07, 6.45) is 0. The highest BCUT2D eigenvalue weighted by Gasteiger charge is 2.18. The van der Waals surface area contributed by atoms with Crippen LogP contribution in [0, 0.1) is 10.1 Å². The molecular weight excluding hydrogens is 382 g/mol. The van der Waals surface area contributed by atoms with E-state index >= 15 is 0 Å². The van der Waals surface area contributed by atoms with E-state index in [0.717, 1.165) is 0 Å². The summed E-state index contributed by atoms with van der Waals surface area (Å²) in [4.78, 5) is 10.4. The van der Waals surface area contributed by atoms with Crippen LogP contribution in [-0.4, -0.2) is 27.2 Å². The van der Waals surface area contributed by atoms with E-state index in [1.54, 1.807) is 12.1 Å². The molecule has 0 aliphatic heterocycles. The van der Waals surface area contributed by atoms with Gasteiger partial charge in [-0.2, -0.15) is 0 Å². The molecule has 0 fully saturated rings. The lowest BCUT2D eigenvalue weighted by Crippen LogP contribution is -2.45. The van der Waals surface area contributed by atoms with Gasteiger partial charge in [-0.1, -0.05) is 78.3 Å². The van der Waals surface area contributed by atoms with Crippen LogP contribution in [0.1, 0.15) is 0 Å². The molecule has 0 saturated heterocycles. The maximum atomic E-state index is 11.0. The Labute approximate surface area is 164 Å². The fourth-order valence-electron chi connectivity index (χ4n) is 2.71. The Morgan fingerprint density at radius 1 is 0.852 bits per heavy atom. The zero-order valence-corrected chi connectivity index (χ0v) is 16.4. The van der Waals surface area contributed by atoms with E-state index in [9.17, 15) is 10.1 Å². The quantitative estimate of drug-likeness (QED) is 0.252. The lowest BCUT2D eigenvalue weighted by molar-refractivity contribution is -0.384. The standard InChI is InChI=1S/C20H18ClNO4Si/c21-20-18(22(23)24)12-7-13-19(20)25-14-15-26-27(16-8-3-1-4-9-16)17-10-5-2-6-11-17/h1-13,27H,14-15H2. The van der Waals surface area contributed by atoms with E-state index in [-0.39, 0.29) is 23.1 Å². The summed E-state index contributed by atoms with van der Waals surface area (Å²) in [5, 5.41) is 13.3. The number of ether oxygens (including phenoxy) is 1. The molecule has 0 saturated carbocycles.